The third-order valence-electron chi connectivity index (χ3n) is 3.74. The molecule has 0 bridgehead atoms. The van der Waals surface area contributed by atoms with E-state index in [9.17, 15) is 9.59 Å². The molecule has 0 aliphatic carbocycles. The highest BCUT2D eigenvalue weighted by atomic mass is 16.2. The summed E-state index contributed by atoms with van der Waals surface area (Å²) < 4.78 is 1.64. The fourth-order valence-electron chi connectivity index (χ4n) is 2.54. The third kappa shape index (κ3) is 3.79. The van der Waals surface area contributed by atoms with Crippen LogP contribution in [0.2, 0.25) is 0 Å². The van der Waals surface area contributed by atoms with E-state index >= 15 is 0 Å². The minimum Gasteiger partial charge on any atom is -0.352 e. The lowest BCUT2D eigenvalue weighted by molar-refractivity contribution is -0.120. The van der Waals surface area contributed by atoms with Crippen LogP contribution in [0.5, 0.6) is 0 Å². The molecule has 3 rings (SSSR count). The molecule has 0 saturated heterocycles. The Hall–Kier alpha value is -3.29. The predicted molar refractivity (Wildman–Crippen MR) is 91.2 cm³/mol. The first-order valence-corrected chi connectivity index (χ1v) is 7.81. The maximum absolute atomic E-state index is 12.2. The van der Waals surface area contributed by atoms with Gasteiger partial charge in [-0.15, -0.1) is 0 Å². The Balaban J connectivity index is 1.71. The van der Waals surface area contributed by atoms with Crippen molar-refractivity contribution in [3.05, 3.63) is 69.8 Å². The van der Waals surface area contributed by atoms with Crippen LogP contribution in [0, 0.1) is 13.8 Å². The molecular formula is C17H18N6O2. The van der Waals surface area contributed by atoms with Crippen molar-refractivity contribution in [3.63, 3.8) is 0 Å². The number of nitrogens with zero attached hydrogens (tertiary/aromatic N) is 4. The molecule has 0 fully saturated rings. The van der Waals surface area contributed by atoms with Crippen molar-refractivity contribution >= 4 is 5.91 Å². The fourth-order valence-corrected chi connectivity index (χ4v) is 2.54. The number of nitrogens with one attached hydrogen (secondary N) is 2. The van der Waals surface area contributed by atoms with E-state index in [0.29, 0.717) is 22.9 Å². The summed E-state index contributed by atoms with van der Waals surface area (Å²) in [5.41, 5.74) is 1.49. The highest BCUT2D eigenvalue weighted by Gasteiger charge is 2.13. The van der Waals surface area contributed by atoms with E-state index < -0.39 is 0 Å². The molecule has 0 aliphatic heterocycles. The van der Waals surface area contributed by atoms with Gasteiger partial charge in [0.2, 0.25) is 5.91 Å². The van der Waals surface area contributed by atoms with Crippen molar-refractivity contribution in [1.29, 1.82) is 0 Å². The van der Waals surface area contributed by atoms with Gasteiger partial charge in [-0.25, -0.2) is 14.6 Å². The number of hydrogen-bond donors (Lipinski definition) is 2. The number of aromatic amines is 1. The lowest BCUT2D eigenvalue weighted by Crippen LogP contribution is -2.29. The van der Waals surface area contributed by atoms with Crippen LogP contribution >= 0.6 is 0 Å². The van der Waals surface area contributed by atoms with Crippen LogP contribution in [-0.2, 0) is 17.8 Å². The molecule has 25 heavy (non-hydrogen) atoms. The number of aromatic nitrogens is 5. The van der Waals surface area contributed by atoms with Gasteiger partial charge >= 0.3 is 0 Å². The van der Waals surface area contributed by atoms with Gasteiger partial charge in [0, 0.05) is 42.0 Å². The number of carbonyl (C=O) groups is 1. The van der Waals surface area contributed by atoms with Gasteiger partial charge in [-0.3, -0.25) is 9.59 Å². The van der Waals surface area contributed by atoms with Crippen LogP contribution in [0.1, 0.15) is 22.6 Å². The van der Waals surface area contributed by atoms with Crippen LogP contribution in [-0.4, -0.2) is 30.6 Å². The maximum Gasteiger partial charge on any atom is 0.254 e. The summed E-state index contributed by atoms with van der Waals surface area (Å²) in [6.45, 7) is 3.72. The van der Waals surface area contributed by atoms with Crippen molar-refractivity contribution in [3.8, 4) is 5.82 Å². The average Bonchev–Trinajstić information content (AvgIpc) is 3.11. The standard InChI is InChI=1S/C17H18N6O2/c1-11-14(17(25)22-12(2)21-11)9-15(24)19-10-13-5-3-6-18-16(13)23-8-4-7-20-23/h3-8H,9-10H2,1-2H3,(H,19,24)(H,21,22,25). The Morgan fingerprint density at radius 2 is 2.12 bits per heavy atom. The molecule has 0 atom stereocenters. The van der Waals surface area contributed by atoms with Crippen LogP contribution in [0.25, 0.3) is 5.82 Å². The van der Waals surface area contributed by atoms with Gasteiger partial charge in [-0.05, 0) is 26.0 Å². The summed E-state index contributed by atoms with van der Waals surface area (Å²) in [7, 11) is 0. The monoisotopic (exact) mass is 338 g/mol. The maximum atomic E-state index is 12.2. The van der Waals surface area contributed by atoms with Gasteiger partial charge < -0.3 is 10.3 Å². The molecule has 0 radical (unpaired) electrons. The van der Waals surface area contributed by atoms with Gasteiger partial charge in [0.05, 0.1) is 6.42 Å². The van der Waals surface area contributed by atoms with Gasteiger partial charge in [-0.1, -0.05) is 6.07 Å². The molecule has 0 aliphatic rings. The number of hydrogen-bond acceptors (Lipinski definition) is 5. The molecule has 0 saturated carbocycles. The molecule has 0 unspecified atom stereocenters. The first-order chi connectivity index (χ1) is 12.0. The smallest absolute Gasteiger partial charge is 0.254 e. The summed E-state index contributed by atoms with van der Waals surface area (Å²) >= 11 is 0. The number of carbonyl (C=O) groups excluding carboxylic acids is 1. The quantitative estimate of drug-likeness (QED) is 0.717. The third-order valence-corrected chi connectivity index (χ3v) is 3.74. The minimum atomic E-state index is -0.279. The van der Waals surface area contributed by atoms with Crippen LogP contribution in [0.15, 0.2) is 41.6 Å². The highest BCUT2D eigenvalue weighted by Crippen LogP contribution is 2.10. The van der Waals surface area contributed by atoms with E-state index in [4.69, 9.17) is 0 Å². The van der Waals surface area contributed by atoms with E-state index in [1.165, 1.54) is 0 Å². The zero-order chi connectivity index (χ0) is 17.8. The number of amides is 1. The van der Waals surface area contributed by atoms with E-state index in [0.717, 1.165) is 5.56 Å². The first kappa shape index (κ1) is 16.6. The van der Waals surface area contributed by atoms with Crippen LogP contribution in [0.4, 0.5) is 0 Å². The number of rotatable bonds is 5. The molecule has 2 N–H and O–H groups in total. The minimum absolute atomic E-state index is 0.0220. The topological polar surface area (TPSA) is 106 Å². The average molecular weight is 338 g/mol. The van der Waals surface area contributed by atoms with E-state index in [-0.39, 0.29) is 24.4 Å². The molecule has 3 heterocycles. The largest absolute Gasteiger partial charge is 0.352 e. The van der Waals surface area contributed by atoms with Crippen LogP contribution in [0.3, 0.4) is 0 Å². The van der Waals surface area contributed by atoms with Crippen molar-refractivity contribution < 1.29 is 4.79 Å². The zero-order valence-electron chi connectivity index (χ0n) is 14.0. The Morgan fingerprint density at radius 1 is 1.28 bits per heavy atom. The van der Waals surface area contributed by atoms with E-state index in [2.05, 4.69) is 25.4 Å². The van der Waals surface area contributed by atoms with E-state index in [1.807, 2.05) is 6.07 Å². The second-order valence-corrected chi connectivity index (χ2v) is 5.61. The normalized spacial score (nSPS) is 10.6. The number of H-pyrrole nitrogens is 1. The van der Waals surface area contributed by atoms with Crippen molar-refractivity contribution in [2.75, 3.05) is 0 Å². The Kier molecular flexibility index (Phi) is 4.69. The van der Waals surface area contributed by atoms with Gasteiger partial charge in [0.25, 0.3) is 5.56 Å². The molecule has 3 aromatic heterocycles. The second-order valence-electron chi connectivity index (χ2n) is 5.61. The van der Waals surface area contributed by atoms with E-state index in [1.54, 1.807) is 49.3 Å². The fraction of sp³-hybridized carbons (Fsp3) is 0.235. The number of aryl methyl sites for hydroxylation is 2. The molecule has 0 spiro atoms. The summed E-state index contributed by atoms with van der Waals surface area (Å²) in [6, 6.07) is 5.47. The zero-order valence-corrected chi connectivity index (χ0v) is 14.0. The molecule has 8 nitrogen and oxygen atoms in total. The second kappa shape index (κ2) is 7.08. The first-order valence-electron chi connectivity index (χ1n) is 7.81. The molecule has 1 amide bonds. The van der Waals surface area contributed by atoms with Crippen molar-refractivity contribution in [1.82, 2.24) is 30.0 Å². The number of pyridine rings is 1. The summed E-state index contributed by atoms with van der Waals surface area (Å²) in [5.74, 6) is 0.930. The Bertz CT molecular complexity index is 946. The Labute approximate surface area is 144 Å². The van der Waals surface area contributed by atoms with Gasteiger partial charge in [0.1, 0.15) is 5.82 Å². The van der Waals surface area contributed by atoms with Gasteiger partial charge in [-0.2, -0.15) is 5.10 Å². The SMILES string of the molecule is Cc1nc(C)c(CC(=O)NCc2cccnc2-n2cccn2)c(=O)[nH]1. The molecule has 128 valence electrons. The lowest BCUT2D eigenvalue weighted by Gasteiger charge is -2.10. The van der Waals surface area contributed by atoms with Crippen molar-refractivity contribution in [2.24, 2.45) is 0 Å². The van der Waals surface area contributed by atoms with Gasteiger partial charge in [0.15, 0.2) is 5.82 Å². The molecule has 0 aromatic carbocycles. The molecular weight excluding hydrogens is 320 g/mol. The van der Waals surface area contributed by atoms with Crippen molar-refractivity contribution in [2.45, 2.75) is 26.8 Å². The summed E-state index contributed by atoms with van der Waals surface area (Å²) in [6.07, 6.45) is 5.10. The molecule has 3 aromatic rings. The van der Waals surface area contributed by atoms with Crippen LogP contribution < -0.4 is 10.9 Å². The summed E-state index contributed by atoms with van der Waals surface area (Å²) in [4.78, 5) is 35.3. The Morgan fingerprint density at radius 3 is 2.84 bits per heavy atom. The molecule has 8 heteroatoms. The lowest BCUT2D eigenvalue weighted by atomic mass is 10.1. The summed E-state index contributed by atoms with van der Waals surface area (Å²) in [5, 5.41) is 6.98. The highest BCUT2D eigenvalue weighted by molar-refractivity contribution is 5.78. The predicted octanol–water partition coefficient (Wildman–Crippen LogP) is 0.826.